The summed E-state index contributed by atoms with van der Waals surface area (Å²) in [6.45, 7) is 0. The molecule has 6 heteroatoms. The zero-order valence-corrected chi connectivity index (χ0v) is 33.1. The molecule has 0 fully saturated rings. The minimum absolute atomic E-state index is 0.373. The van der Waals surface area contributed by atoms with Gasteiger partial charge in [0.05, 0.1) is 5.41 Å². The van der Waals surface area contributed by atoms with Gasteiger partial charge in [0.15, 0.2) is 23.6 Å². The van der Waals surface area contributed by atoms with Crippen LogP contribution in [-0.2, 0) is 5.41 Å². The second-order valence-corrected chi connectivity index (χ2v) is 15.3. The van der Waals surface area contributed by atoms with Crippen molar-refractivity contribution in [1.29, 1.82) is 0 Å². The molecule has 1 aliphatic heterocycles. The van der Waals surface area contributed by atoms with Crippen molar-refractivity contribution < 1.29 is 0 Å². The summed E-state index contributed by atoms with van der Waals surface area (Å²) in [5.41, 5.74) is 12.5. The number of aliphatic imine (C=N–C) groups is 2. The second-order valence-electron chi connectivity index (χ2n) is 15.3. The van der Waals surface area contributed by atoms with Crippen molar-refractivity contribution in [3.63, 3.8) is 0 Å². The van der Waals surface area contributed by atoms with Gasteiger partial charge in [0, 0.05) is 27.8 Å². The highest BCUT2D eigenvalue weighted by Crippen LogP contribution is 2.56. The highest BCUT2D eigenvalue weighted by molar-refractivity contribution is 6.16. The van der Waals surface area contributed by atoms with Crippen molar-refractivity contribution in [1.82, 2.24) is 20.3 Å². The van der Waals surface area contributed by atoms with E-state index in [1.165, 1.54) is 22.3 Å². The van der Waals surface area contributed by atoms with Crippen LogP contribution in [0.15, 0.2) is 228 Å². The van der Waals surface area contributed by atoms with Gasteiger partial charge in [-0.25, -0.2) is 24.9 Å². The summed E-state index contributed by atoms with van der Waals surface area (Å²) in [7, 11) is 0. The predicted octanol–water partition coefficient (Wildman–Crippen LogP) is 11.7. The largest absolute Gasteiger partial charge is 0.324 e. The Balaban J connectivity index is 1.03. The van der Waals surface area contributed by atoms with Crippen LogP contribution in [0.4, 0.5) is 0 Å². The molecule has 1 aliphatic carbocycles. The lowest BCUT2D eigenvalue weighted by Gasteiger charge is -2.34. The number of benzene rings is 8. The zero-order valence-electron chi connectivity index (χ0n) is 33.1. The number of aromatic nitrogens is 3. The van der Waals surface area contributed by atoms with Gasteiger partial charge in [-0.15, -0.1) is 0 Å². The van der Waals surface area contributed by atoms with E-state index in [2.05, 4.69) is 127 Å². The lowest BCUT2D eigenvalue weighted by molar-refractivity contribution is 0.755. The molecular weight excluding hydrogens is 745 g/mol. The molecule has 0 amide bonds. The SMILES string of the molecule is c1ccc(C2=NC(c3ccccc3)N=C(c3ccc(C4(c5ccc(-c6nc(-c7ccccc7)nc(-c7ccccc7)n6)cc5)c5ccccc5-c5ccccc54)cc3)N2)cc1. The summed E-state index contributed by atoms with van der Waals surface area (Å²) in [5.74, 6) is 3.47. The molecule has 0 saturated carbocycles. The van der Waals surface area contributed by atoms with E-state index in [-0.39, 0.29) is 6.17 Å². The fourth-order valence-electron chi connectivity index (χ4n) is 8.82. The molecule has 1 unspecified atom stereocenters. The topological polar surface area (TPSA) is 75.4 Å². The van der Waals surface area contributed by atoms with E-state index in [4.69, 9.17) is 24.9 Å². The number of amidine groups is 2. The quantitative estimate of drug-likeness (QED) is 0.167. The summed E-state index contributed by atoms with van der Waals surface area (Å²) in [4.78, 5) is 25.2. The van der Waals surface area contributed by atoms with E-state index in [0.29, 0.717) is 17.5 Å². The first-order valence-electron chi connectivity index (χ1n) is 20.5. The van der Waals surface area contributed by atoms with E-state index in [0.717, 1.165) is 56.2 Å². The Kier molecular flexibility index (Phi) is 9.01. The molecule has 6 nitrogen and oxygen atoms in total. The number of nitrogens with zero attached hydrogens (tertiary/aromatic N) is 5. The van der Waals surface area contributed by atoms with Gasteiger partial charge in [0.1, 0.15) is 11.7 Å². The van der Waals surface area contributed by atoms with Crippen molar-refractivity contribution in [2.24, 2.45) is 9.98 Å². The van der Waals surface area contributed by atoms with Crippen LogP contribution in [0, 0.1) is 0 Å². The van der Waals surface area contributed by atoms with Crippen molar-refractivity contribution >= 4 is 11.7 Å². The number of hydrogen-bond acceptors (Lipinski definition) is 6. The molecule has 2 aliphatic rings. The number of nitrogens with one attached hydrogen (secondary N) is 1. The zero-order chi connectivity index (χ0) is 40.6. The number of hydrogen-bond donors (Lipinski definition) is 1. The second kappa shape index (κ2) is 15.3. The Morgan fingerprint density at radius 1 is 0.328 bits per heavy atom. The van der Waals surface area contributed by atoms with E-state index in [9.17, 15) is 0 Å². The average Bonchev–Trinajstić information content (AvgIpc) is 3.66. The van der Waals surface area contributed by atoms with E-state index in [1.807, 2.05) is 97.1 Å². The van der Waals surface area contributed by atoms with Gasteiger partial charge in [0.2, 0.25) is 0 Å². The van der Waals surface area contributed by atoms with Crippen LogP contribution >= 0.6 is 0 Å². The van der Waals surface area contributed by atoms with Gasteiger partial charge in [-0.3, -0.25) is 0 Å². The average molecular weight is 783 g/mol. The van der Waals surface area contributed by atoms with E-state index in [1.54, 1.807) is 0 Å². The predicted molar refractivity (Wildman–Crippen MR) is 245 cm³/mol. The lowest BCUT2D eigenvalue weighted by Crippen LogP contribution is -2.36. The van der Waals surface area contributed by atoms with Gasteiger partial charge in [-0.05, 0) is 38.9 Å². The van der Waals surface area contributed by atoms with Crippen LogP contribution in [-0.4, -0.2) is 26.6 Å². The Hall–Kier alpha value is -8.09. The molecule has 1 aromatic heterocycles. The summed E-state index contributed by atoms with van der Waals surface area (Å²) in [6.07, 6.45) is -0.373. The lowest BCUT2D eigenvalue weighted by atomic mass is 9.67. The van der Waals surface area contributed by atoms with Crippen LogP contribution < -0.4 is 5.32 Å². The third kappa shape index (κ3) is 6.42. The maximum Gasteiger partial charge on any atom is 0.169 e. The van der Waals surface area contributed by atoms with Gasteiger partial charge >= 0.3 is 0 Å². The monoisotopic (exact) mass is 782 g/mol. The van der Waals surface area contributed by atoms with Crippen molar-refractivity contribution in [2.45, 2.75) is 11.6 Å². The third-order valence-corrected chi connectivity index (χ3v) is 11.7. The van der Waals surface area contributed by atoms with Gasteiger partial charge < -0.3 is 5.32 Å². The molecule has 1 atom stereocenters. The van der Waals surface area contributed by atoms with Crippen LogP contribution in [0.25, 0.3) is 45.3 Å². The maximum atomic E-state index is 5.16. The molecule has 288 valence electrons. The van der Waals surface area contributed by atoms with Crippen LogP contribution in [0.3, 0.4) is 0 Å². The van der Waals surface area contributed by atoms with E-state index >= 15 is 0 Å². The summed E-state index contributed by atoms with van der Waals surface area (Å²) >= 11 is 0. The fraction of sp³-hybridized carbons (Fsp3) is 0.0364. The Bertz CT molecular complexity index is 2970. The summed E-state index contributed by atoms with van der Waals surface area (Å²) in [6, 6.07) is 76.1. The minimum atomic E-state index is -0.598. The number of rotatable bonds is 8. The highest BCUT2D eigenvalue weighted by Gasteiger charge is 2.46. The highest BCUT2D eigenvalue weighted by atomic mass is 15.2. The smallest absolute Gasteiger partial charge is 0.169 e. The Labute approximate surface area is 354 Å². The molecule has 8 aromatic carbocycles. The molecule has 11 rings (SSSR count). The first kappa shape index (κ1) is 36.0. The molecule has 0 spiro atoms. The van der Waals surface area contributed by atoms with Gasteiger partial charge in [-0.2, -0.15) is 0 Å². The van der Waals surface area contributed by atoms with Crippen molar-refractivity contribution in [3.05, 3.63) is 257 Å². The normalized spacial score (nSPS) is 14.9. The van der Waals surface area contributed by atoms with Gasteiger partial charge in [-0.1, -0.05) is 218 Å². The fourth-order valence-corrected chi connectivity index (χ4v) is 8.82. The molecule has 2 heterocycles. The van der Waals surface area contributed by atoms with Crippen molar-refractivity contribution in [2.75, 3.05) is 0 Å². The Morgan fingerprint density at radius 3 is 1.13 bits per heavy atom. The summed E-state index contributed by atoms with van der Waals surface area (Å²) < 4.78 is 0. The molecule has 0 saturated heterocycles. The molecular formula is C55H38N6. The molecule has 0 bridgehead atoms. The minimum Gasteiger partial charge on any atom is -0.324 e. The molecule has 1 N–H and O–H groups in total. The molecule has 0 radical (unpaired) electrons. The number of fused-ring (bicyclic) bond motifs is 3. The maximum absolute atomic E-state index is 5.16. The first-order chi connectivity index (χ1) is 30.2. The first-order valence-corrected chi connectivity index (χ1v) is 20.5. The van der Waals surface area contributed by atoms with Crippen LogP contribution in [0.5, 0.6) is 0 Å². The van der Waals surface area contributed by atoms with Crippen LogP contribution in [0.1, 0.15) is 45.1 Å². The molecule has 9 aromatic rings. The molecule has 61 heavy (non-hydrogen) atoms. The van der Waals surface area contributed by atoms with E-state index < -0.39 is 5.41 Å². The van der Waals surface area contributed by atoms with Crippen molar-refractivity contribution in [3.8, 4) is 45.3 Å². The van der Waals surface area contributed by atoms with Gasteiger partial charge in [0.25, 0.3) is 0 Å². The van der Waals surface area contributed by atoms with Crippen LogP contribution in [0.2, 0.25) is 0 Å². The standard InChI is InChI=1S/C55H38N6/c1-5-17-37(18-6-1)49-56-50(38-19-7-2-8-20-38)59-53(58-49)41-29-33-43(34-30-41)55(47-27-15-13-25-45(47)46-26-14-16-28-48(46)55)44-35-31-42(32-36-44)54-60-51(39-21-9-3-10-22-39)57-52(61-54)40-23-11-4-12-24-40/h1-36,49H,(H,56,58,59). The Morgan fingerprint density at radius 2 is 0.672 bits per heavy atom. The summed E-state index contributed by atoms with van der Waals surface area (Å²) in [5, 5.41) is 3.58. The third-order valence-electron chi connectivity index (χ3n) is 11.7.